The average molecular weight is 272 g/mol. The molecule has 1 rings (SSSR count). The number of nitrogens with one attached hydrogen (secondary N) is 1. The highest BCUT2D eigenvalue weighted by Gasteiger charge is 2.21. The molecule has 0 radical (unpaired) electrons. The third kappa shape index (κ3) is 4.96. The molecular formula is C12H24N4OS. The molecule has 5 nitrogen and oxygen atoms in total. The molecule has 0 saturated carbocycles. The van der Waals surface area contributed by atoms with Gasteiger partial charge in [0.25, 0.3) is 0 Å². The quantitative estimate of drug-likeness (QED) is 0.526. The third-order valence-corrected chi connectivity index (χ3v) is 4.05. The predicted molar refractivity (Wildman–Crippen MR) is 74.7 cm³/mol. The van der Waals surface area contributed by atoms with Gasteiger partial charge in [-0.15, -0.1) is 10.2 Å². The highest BCUT2D eigenvalue weighted by molar-refractivity contribution is 7.99. The summed E-state index contributed by atoms with van der Waals surface area (Å²) in [7, 11) is 1.95. The van der Waals surface area contributed by atoms with Gasteiger partial charge in [0.05, 0.1) is 6.61 Å². The van der Waals surface area contributed by atoms with Gasteiger partial charge in [-0.25, -0.2) is 0 Å². The minimum Gasteiger partial charge on any atom is -0.394 e. The van der Waals surface area contributed by atoms with Gasteiger partial charge in [-0.05, 0) is 32.7 Å². The Morgan fingerprint density at radius 3 is 2.89 bits per heavy atom. The third-order valence-electron chi connectivity index (χ3n) is 2.92. The summed E-state index contributed by atoms with van der Waals surface area (Å²) in [5.41, 5.74) is -0.156. The summed E-state index contributed by atoms with van der Waals surface area (Å²) >= 11 is 1.71. The van der Waals surface area contributed by atoms with Crippen LogP contribution in [0.3, 0.4) is 0 Å². The van der Waals surface area contributed by atoms with Crippen molar-refractivity contribution in [2.24, 2.45) is 7.05 Å². The van der Waals surface area contributed by atoms with Crippen molar-refractivity contribution in [2.75, 3.05) is 18.9 Å². The van der Waals surface area contributed by atoms with Crippen LogP contribution >= 0.6 is 11.8 Å². The molecule has 0 aliphatic carbocycles. The lowest BCUT2D eigenvalue weighted by Gasteiger charge is -2.28. The van der Waals surface area contributed by atoms with Crippen molar-refractivity contribution < 1.29 is 5.11 Å². The van der Waals surface area contributed by atoms with Crippen LogP contribution in [0.15, 0.2) is 11.5 Å². The molecule has 104 valence electrons. The van der Waals surface area contributed by atoms with Gasteiger partial charge in [0.1, 0.15) is 6.33 Å². The maximum absolute atomic E-state index is 9.44. The Morgan fingerprint density at radius 1 is 1.56 bits per heavy atom. The van der Waals surface area contributed by atoms with Gasteiger partial charge in [0.15, 0.2) is 5.16 Å². The minimum atomic E-state index is -0.156. The summed E-state index contributed by atoms with van der Waals surface area (Å²) < 4.78 is 1.92. The van der Waals surface area contributed by atoms with Crippen molar-refractivity contribution in [3.8, 4) is 0 Å². The van der Waals surface area contributed by atoms with Crippen LogP contribution in [0.5, 0.6) is 0 Å². The minimum absolute atomic E-state index is 0.156. The Balaban J connectivity index is 2.25. The van der Waals surface area contributed by atoms with Crippen LogP contribution < -0.4 is 5.32 Å². The van der Waals surface area contributed by atoms with E-state index in [0.717, 1.165) is 36.7 Å². The molecule has 0 amide bonds. The molecule has 1 unspecified atom stereocenters. The lowest BCUT2D eigenvalue weighted by atomic mass is 9.97. The molecule has 18 heavy (non-hydrogen) atoms. The van der Waals surface area contributed by atoms with E-state index in [1.165, 1.54) is 0 Å². The number of aryl methyl sites for hydroxylation is 1. The van der Waals surface area contributed by atoms with E-state index in [4.69, 9.17) is 0 Å². The van der Waals surface area contributed by atoms with Gasteiger partial charge in [-0.1, -0.05) is 18.7 Å². The molecule has 2 N–H and O–H groups in total. The summed E-state index contributed by atoms with van der Waals surface area (Å²) in [6, 6.07) is 0. The Kier molecular flexibility index (Phi) is 6.67. The van der Waals surface area contributed by atoms with Crippen LogP contribution in [0, 0.1) is 0 Å². The summed E-state index contributed by atoms with van der Waals surface area (Å²) in [6.45, 7) is 5.35. The number of aromatic nitrogens is 3. The van der Waals surface area contributed by atoms with E-state index >= 15 is 0 Å². The topological polar surface area (TPSA) is 63.0 Å². The molecule has 1 aromatic rings. The van der Waals surface area contributed by atoms with E-state index in [1.54, 1.807) is 18.1 Å². The van der Waals surface area contributed by atoms with E-state index < -0.39 is 0 Å². The lowest BCUT2D eigenvalue weighted by molar-refractivity contribution is 0.165. The molecule has 0 aromatic carbocycles. The first kappa shape index (κ1) is 15.5. The zero-order valence-corrected chi connectivity index (χ0v) is 12.3. The Bertz CT molecular complexity index is 345. The summed E-state index contributed by atoms with van der Waals surface area (Å²) in [5.74, 6) is 0.996. The molecule has 6 heteroatoms. The van der Waals surface area contributed by atoms with Gasteiger partial charge in [-0.2, -0.15) is 0 Å². The van der Waals surface area contributed by atoms with Crippen molar-refractivity contribution in [1.82, 2.24) is 20.1 Å². The largest absolute Gasteiger partial charge is 0.394 e. The zero-order valence-electron chi connectivity index (χ0n) is 11.5. The first-order valence-electron chi connectivity index (χ1n) is 6.44. The molecule has 0 bridgehead atoms. The van der Waals surface area contributed by atoms with Crippen molar-refractivity contribution >= 4 is 11.8 Å². The fraction of sp³-hybridized carbons (Fsp3) is 0.833. The number of hydrogen-bond acceptors (Lipinski definition) is 5. The fourth-order valence-corrected chi connectivity index (χ4v) is 2.51. The second-order valence-electron chi connectivity index (χ2n) is 4.82. The molecule has 1 heterocycles. The number of aliphatic hydroxyl groups excluding tert-OH is 1. The predicted octanol–water partition coefficient (Wildman–Crippen LogP) is 1.44. The number of hydrogen-bond donors (Lipinski definition) is 2. The van der Waals surface area contributed by atoms with Gasteiger partial charge >= 0.3 is 0 Å². The number of nitrogens with zero attached hydrogens (tertiary/aromatic N) is 3. The number of aliphatic hydroxyl groups is 1. The first-order chi connectivity index (χ1) is 8.61. The van der Waals surface area contributed by atoms with Crippen molar-refractivity contribution in [1.29, 1.82) is 0 Å². The molecule has 0 fully saturated rings. The highest BCUT2D eigenvalue weighted by Crippen LogP contribution is 2.19. The average Bonchev–Trinajstić information content (AvgIpc) is 2.78. The van der Waals surface area contributed by atoms with Crippen molar-refractivity contribution in [3.63, 3.8) is 0 Å². The standard InChI is InChI=1S/C12H24N4OS/c1-4-7-13-12(2,9-17)6-5-8-18-11-15-14-10-16(11)3/h10,13,17H,4-9H2,1-3H3. The summed E-state index contributed by atoms with van der Waals surface area (Å²) in [4.78, 5) is 0. The summed E-state index contributed by atoms with van der Waals surface area (Å²) in [5, 5.41) is 21.7. The highest BCUT2D eigenvalue weighted by atomic mass is 32.2. The molecule has 0 saturated heterocycles. The van der Waals surface area contributed by atoms with E-state index in [0.29, 0.717) is 0 Å². The van der Waals surface area contributed by atoms with Crippen LogP contribution in [-0.2, 0) is 7.05 Å². The van der Waals surface area contributed by atoms with Crippen molar-refractivity contribution in [2.45, 2.75) is 43.8 Å². The van der Waals surface area contributed by atoms with Gasteiger partial charge in [0, 0.05) is 18.3 Å². The maximum Gasteiger partial charge on any atom is 0.190 e. The van der Waals surface area contributed by atoms with Gasteiger partial charge in [0.2, 0.25) is 0 Å². The number of rotatable bonds is 9. The van der Waals surface area contributed by atoms with Crippen LogP contribution in [-0.4, -0.2) is 44.3 Å². The van der Waals surface area contributed by atoms with Gasteiger partial charge in [-0.3, -0.25) is 0 Å². The van der Waals surface area contributed by atoms with Crippen LogP contribution in [0.1, 0.15) is 33.1 Å². The molecule has 1 aromatic heterocycles. The van der Waals surface area contributed by atoms with E-state index in [1.807, 2.05) is 11.6 Å². The van der Waals surface area contributed by atoms with E-state index in [9.17, 15) is 5.11 Å². The Hall–Kier alpha value is -0.590. The van der Waals surface area contributed by atoms with Crippen LogP contribution in [0.2, 0.25) is 0 Å². The SMILES string of the molecule is CCCNC(C)(CO)CCCSc1nncn1C. The van der Waals surface area contributed by atoms with E-state index in [-0.39, 0.29) is 12.1 Å². The molecule has 0 aliphatic heterocycles. The van der Waals surface area contributed by atoms with Crippen molar-refractivity contribution in [3.05, 3.63) is 6.33 Å². The Morgan fingerprint density at radius 2 is 2.33 bits per heavy atom. The molecule has 1 atom stereocenters. The van der Waals surface area contributed by atoms with Gasteiger partial charge < -0.3 is 15.0 Å². The first-order valence-corrected chi connectivity index (χ1v) is 7.42. The molecular weight excluding hydrogens is 248 g/mol. The zero-order chi connectivity index (χ0) is 13.4. The normalized spacial score (nSPS) is 14.7. The molecule has 0 spiro atoms. The Labute approximate surface area is 113 Å². The van der Waals surface area contributed by atoms with E-state index in [2.05, 4.69) is 29.4 Å². The fourth-order valence-electron chi connectivity index (χ4n) is 1.68. The smallest absolute Gasteiger partial charge is 0.190 e. The second kappa shape index (κ2) is 7.76. The maximum atomic E-state index is 9.44. The van der Waals surface area contributed by atoms with Crippen LogP contribution in [0.25, 0.3) is 0 Å². The van der Waals surface area contributed by atoms with Crippen LogP contribution in [0.4, 0.5) is 0 Å². The lowest BCUT2D eigenvalue weighted by Crippen LogP contribution is -2.46. The molecule has 0 aliphatic rings. The second-order valence-corrected chi connectivity index (χ2v) is 5.88. The summed E-state index contributed by atoms with van der Waals surface area (Å²) in [6.07, 6.45) is 4.81. The monoisotopic (exact) mass is 272 g/mol. The number of thioether (sulfide) groups is 1.